The van der Waals surface area contributed by atoms with Crippen LogP contribution in [0, 0.1) is 0 Å². The second kappa shape index (κ2) is 5.86. The SMILES string of the molecule is CCOC1CC(Nc2nc(OC)cc(OC)n2)C1. The van der Waals surface area contributed by atoms with Gasteiger partial charge in [-0.05, 0) is 19.8 Å². The zero-order valence-corrected chi connectivity index (χ0v) is 11.0. The average Bonchev–Trinajstić information content (AvgIpc) is 2.35. The quantitative estimate of drug-likeness (QED) is 0.828. The summed E-state index contributed by atoms with van der Waals surface area (Å²) in [5, 5.41) is 3.25. The van der Waals surface area contributed by atoms with Gasteiger partial charge >= 0.3 is 0 Å². The molecule has 0 radical (unpaired) electrons. The van der Waals surface area contributed by atoms with E-state index in [9.17, 15) is 0 Å². The smallest absolute Gasteiger partial charge is 0.229 e. The molecule has 0 aliphatic heterocycles. The Kier molecular flexibility index (Phi) is 4.19. The maximum absolute atomic E-state index is 5.51. The van der Waals surface area contributed by atoms with E-state index in [0.29, 0.717) is 29.9 Å². The number of ether oxygens (including phenoxy) is 3. The Labute approximate surface area is 107 Å². The van der Waals surface area contributed by atoms with E-state index in [-0.39, 0.29) is 0 Å². The molecule has 0 bridgehead atoms. The fraction of sp³-hybridized carbons (Fsp3) is 0.667. The normalized spacial score (nSPS) is 22.2. The fourth-order valence-electron chi connectivity index (χ4n) is 1.92. The summed E-state index contributed by atoms with van der Waals surface area (Å²) < 4.78 is 15.7. The van der Waals surface area contributed by atoms with Crippen molar-refractivity contribution in [1.82, 2.24) is 9.97 Å². The van der Waals surface area contributed by atoms with Crippen LogP contribution < -0.4 is 14.8 Å². The predicted molar refractivity (Wildman–Crippen MR) is 67.2 cm³/mol. The summed E-state index contributed by atoms with van der Waals surface area (Å²) in [7, 11) is 3.14. The highest BCUT2D eigenvalue weighted by Gasteiger charge is 2.30. The van der Waals surface area contributed by atoms with Crippen LogP contribution >= 0.6 is 0 Å². The Hall–Kier alpha value is -1.56. The Bertz CT molecular complexity index is 372. The van der Waals surface area contributed by atoms with Crippen molar-refractivity contribution in [3.8, 4) is 11.8 Å². The van der Waals surface area contributed by atoms with E-state index in [1.807, 2.05) is 6.92 Å². The molecule has 6 nitrogen and oxygen atoms in total. The van der Waals surface area contributed by atoms with Crippen molar-refractivity contribution in [3.05, 3.63) is 6.07 Å². The summed E-state index contributed by atoms with van der Waals surface area (Å²) in [6.07, 6.45) is 2.33. The van der Waals surface area contributed by atoms with Gasteiger partial charge in [0, 0.05) is 12.6 Å². The Morgan fingerprint density at radius 2 is 1.83 bits per heavy atom. The molecule has 6 heteroatoms. The maximum Gasteiger partial charge on any atom is 0.229 e. The van der Waals surface area contributed by atoms with Gasteiger partial charge in [-0.2, -0.15) is 9.97 Å². The van der Waals surface area contributed by atoms with E-state index in [0.717, 1.165) is 19.4 Å². The zero-order chi connectivity index (χ0) is 13.0. The first kappa shape index (κ1) is 12.9. The third kappa shape index (κ3) is 3.01. The van der Waals surface area contributed by atoms with Crippen LogP contribution in [-0.2, 0) is 4.74 Å². The van der Waals surface area contributed by atoms with Crippen LogP contribution in [0.1, 0.15) is 19.8 Å². The van der Waals surface area contributed by atoms with Crippen LogP contribution in [0.2, 0.25) is 0 Å². The maximum atomic E-state index is 5.51. The van der Waals surface area contributed by atoms with Crippen molar-refractivity contribution >= 4 is 5.95 Å². The molecule has 1 heterocycles. The van der Waals surface area contributed by atoms with Crippen LogP contribution in [-0.4, -0.2) is 42.9 Å². The number of rotatable bonds is 6. The largest absolute Gasteiger partial charge is 0.481 e. The predicted octanol–water partition coefficient (Wildman–Crippen LogP) is 1.47. The van der Waals surface area contributed by atoms with Gasteiger partial charge in [-0.15, -0.1) is 0 Å². The van der Waals surface area contributed by atoms with Gasteiger partial charge in [0.1, 0.15) is 0 Å². The van der Waals surface area contributed by atoms with E-state index in [1.54, 1.807) is 20.3 Å². The monoisotopic (exact) mass is 253 g/mol. The molecule has 18 heavy (non-hydrogen) atoms. The van der Waals surface area contributed by atoms with E-state index in [1.165, 1.54) is 0 Å². The van der Waals surface area contributed by atoms with Gasteiger partial charge in [0.25, 0.3) is 0 Å². The first-order valence-electron chi connectivity index (χ1n) is 6.10. The minimum absolute atomic E-state index is 0.360. The third-order valence-electron chi connectivity index (χ3n) is 2.93. The van der Waals surface area contributed by atoms with Gasteiger partial charge in [0.05, 0.1) is 26.4 Å². The standard InChI is InChI=1S/C12H19N3O3/c1-4-18-9-5-8(6-9)13-12-14-10(16-2)7-11(15-12)17-3/h7-9H,4-6H2,1-3H3,(H,13,14,15). The van der Waals surface area contributed by atoms with Crippen molar-refractivity contribution in [2.24, 2.45) is 0 Å². The zero-order valence-electron chi connectivity index (χ0n) is 11.0. The summed E-state index contributed by atoms with van der Waals surface area (Å²) in [6, 6.07) is 2.01. The van der Waals surface area contributed by atoms with Crippen LogP contribution in [0.15, 0.2) is 6.07 Å². The summed E-state index contributed by atoms with van der Waals surface area (Å²) in [6.45, 7) is 2.78. The number of hydrogen-bond donors (Lipinski definition) is 1. The summed E-state index contributed by atoms with van der Waals surface area (Å²) >= 11 is 0. The Balaban J connectivity index is 1.93. The molecule has 1 aromatic heterocycles. The molecule has 0 unspecified atom stereocenters. The molecular formula is C12H19N3O3. The molecule has 1 aliphatic carbocycles. The van der Waals surface area contributed by atoms with Crippen molar-refractivity contribution < 1.29 is 14.2 Å². The number of methoxy groups -OCH3 is 2. The second-order valence-electron chi connectivity index (χ2n) is 4.17. The molecule has 0 spiro atoms. The Morgan fingerprint density at radius 1 is 1.22 bits per heavy atom. The molecule has 0 atom stereocenters. The van der Waals surface area contributed by atoms with Crippen molar-refractivity contribution in [2.75, 3.05) is 26.1 Å². The lowest BCUT2D eigenvalue weighted by Crippen LogP contribution is -2.41. The summed E-state index contributed by atoms with van der Waals surface area (Å²) in [5.41, 5.74) is 0. The van der Waals surface area contributed by atoms with Crippen molar-refractivity contribution in [1.29, 1.82) is 0 Å². The first-order chi connectivity index (χ1) is 8.75. The first-order valence-corrected chi connectivity index (χ1v) is 6.10. The highest BCUT2D eigenvalue weighted by Crippen LogP contribution is 2.27. The van der Waals surface area contributed by atoms with E-state index < -0.39 is 0 Å². The molecule has 2 rings (SSSR count). The third-order valence-corrected chi connectivity index (χ3v) is 2.93. The number of nitrogens with one attached hydrogen (secondary N) is 1. The van der Waals surface area contributed by atoms with Gasteiger partial charge in [0.2, 0.25) is 17.7 Å². The van der Waals surface area contributed by atoms with Crippen LogP contribution in [0.3, 0.4) is 0 Å². The van der Waals surface area contributed by atoms with Gasteiger partial charge in [0.15, 0.2) is 0 Å². The van der Waals surface area contributed by atoms with Crippen LogP contribution in [0.25, 0.3) is 0 Å². The van der Waals surface area contributed by atoms with Gasteiger partial charge in [-0.3, -0.25) is 0 Å². The highest BCUT2D eigenvalue weighted by atomic mass is 16.5. The molecule has 0 aromatic carbocycles. The molecule has 100 valence electrons. The molecule has 1 fully saturated rings. The topological polar surface area (TPSA) is 65.5 Å². The molecule has 0 amide bonds. The number of aromatic nitrogens is 2. The summed E-state index contributed by atoms with van der Waals surface area (Å²) in [4.78, 5) is 8.45. The summed E-state index contributed by atoms with van der Waals surface area (Å²) in [5.74, 6) is 1.52. The molecule has 0 saturated heterocycles. The molecule has 1 aromatic rings. The molecular weight excluding hydrogens is 234 g/mol. The lowest BCUT2D eigenvalue weighted by molar-refractivity contribution is 0.00284. The van der Waals surface area contributed by atoms with Crippen LogP contribution in [0.5, 0.6) is 11.8 Å². The number of nitrogens with zero attached hydrogens (tertiary/aromatic N) is 2. The number of hydrogen-bond acceptors (Lipinski definition) is 6. The average molecular weight is 253 g/mol. The molecule has 1 N–H and O–H groups in total. The van der Waals surface area contributed by atoms with Gasteiger partial charge in [-0.1, -0.05) is 0 Å². The van der Waals surface area contributed by atoms with E-state index in [4.69, 9.17) is 14.2 Å². The minimum atomic E-state index is 0.360. The van der Waals surface area contributed by atoms with Crippen molar-refractivity contribution in [3.63, 3.8) is 0 Å². The lowest BCUT2D eigenvalue weighted by Gasteiger charge is -2.35. The molecule has 1 aliphatic rings. The van der Waals surface area contributed by atoms with Gasteiger partial charge < -0.3 is 19.5 Å². The van der Waals surface area contributed by atoms with E-state index >= 15 is 0 Å². The molecule has 1 saturated carbocycles. The van der Waals surface area contributed by atoms with E-state index in [2.05, 4.69) is 15.3 Å². The van der Waals surface area contributed by atoms with Crippen molar-refractivity contribution in [2.45, 2.75) is 31.9 Å². The highest BCUT2D eigenvalue weighted by molar-refractivity contribution is 5.35. The minimum Gasteiger partial charge on any atom is -0.481 e. The fourth-order valence-corrected chi connectivity index (χ4v) is 1.92. The van der Waals surface area contributed by atoms with Gasteiger partial charge in [-0.25, -0.2) is 0 Å². The number of anilines is 1. The Morgan fingerprint density at radius 3 is 2.33 bits per heavy atom. The second-order valence-corrected chi connectivity index (χ2v) is 4.17. The van der Waals surface area contributed by atoms with Crippen LogP contribution in [0.4, 0.5) is 5.95 Å². The lowest BCUT2D eigenvalue weighted by atomic mass is 9.89.